The minimum atomic E-state index is -0.210. The lowest BCUT2D eigenvalue weighted by atomic mass is 10.3. The number of benzene rings is 1. The summed E-state index contributed by atoms with van der Waals surface area (Å²) in [7, 11) is 0. The molecule has 102 valence electrons. The van der Waals surface area contributed by atoms with Crippen molar-refractivity contribution in [1.29, 1.82) is 0 Å². The van der Waals surface area contributed by atoms with E-state index in [9.17, 15) is 9.59 Å². The van der Waals surface area contributed by atoms with Crippen LogP contribution in [0.5, 0.6) is 0 Å². The van der Waals surface area contributed by atoms with Crippen LogP contribution in [0.1, 0.15) is 6.92 Å². The van der Waals surface area contributed by atoms with Crippen LogP contribution in [0.2, 0.25) is 0 Å². The third-order valence-electron chi connectivity index (χ3n) is 2.50. The monoisotopic (exact) mass is 304 g/mol. The minimum absolute atomic E-state index is 0.107. The molecular formula is C14H12N2O2S2. The molecule has 1 N–H and O–H groups in total. The molecule has 4 nitrogen and oxygen atoms in total. The molecule has 1 aliphatic heterocycles. The topological polar surface area (TPSA) is 49.4 Å². The van der Waals surface area contributed by atoms with E-state index in [1.807, 2.05) is 30.3 Å². The summed E-state index contributed by atoms with van der Waals surface area (Å²) >= 11 is 6.10. The quantitative estimate of drug-likeness (QED) is 0.689. The maximum atomic E-state index is 11.6. The van der Waals surface area contributed by atoms with Crippen molar-refractivity contribution in [2.24, 2.45) is 0 Å². The molecule has 20 heavy (non-hydrogen) atoms. The number of anilines is 1. The second-order valence-corrected chi connectivity index (χ2v) is 5.66. The predicted octanol–water partition coefficient (Wildman–Crippen LogP) is 2.59. The lowest BCUT2D eigenvalue weighted by Gasteiger charge is -2.15. The van der Waals surface area contributed by atoms with E-state index in [0.29, 0.717) is 9.23 Å². The summed E-state index contributed by atoms with van der Waals surface area (Å²) in [4.78, 5) is 25.1. The number of allylic oxidation sites excluding steroid dienone is 2. The first kappa shape index (κ1) is 14.5. The van der Waals surface area contributed by atoms with Gasteiger partial charge >= 0.3 is 0 Å². The molecule has 1 aromatic rings. The Morgan fingerprint density at radius 1 is 1.35 bits per heavy atom. The van der Waals surface area contributed by atoms with Crippen LogP contribution in [0.4, 0.5) is 5.69 Å². The van der Waals surface area contributed by atoms with Gasteiger partial charge in [-0.25, -0.2) is 0 Å². The number of thiocarbonyl (C=S) groups is 1. The minimum Gasteiger partial charge on any atom is -0.307 e. The summed E-state index contributed by atoms with van der Waals surface area (Å²) in [5, 5.41) is 2.53. The van der Waals surface area contributed by atoms with Crippen molar-refractivity contribution < 1.29 is 9.59 Å². The van der Waals surface area contributed by atoms with Crippen LogP contribution in [-0.2, 0) is 9.59 Å². The van der Waals surface area contributed by atoms with Crippen molar-refractivity contribution >= 4 is 45.8 Å². The zero-order valence-electron chi connectivity index (χ0n) is 10.7. The highest BCUT2D eigenvalue weighted by molar-refractivity contribution is 8.26. The van der Waals surface area contributed by atoms with E-state index in [4.69, 9.17) is 12.2 Å². The number of hydrogen-bond donors (Lipinski definition) is 1. The molecular weight excluding hydrogens is 292 g/mol. The number of hydrogen-bond acceptors (Lipinski definition) is 4. The number of nitrogens with zero attached hydrogens (tertiary/aromatic N) is 1. The summed E-state index contributed by atoms with van der Waals surface area (Å²) < 4.78 is 0.445. The molecule has 1 aliphatic rings. The summed E-state index contributed by atoms with van der Waals surface area (Å²) in [6, 6.07) is 9.27. The highest BCUT2D eigenvalue weighted by atomic mass is 32.2. The van der Waals surface area contributed by atoms with Gasteiger partial charge in [0.2, 0.25) is 5.91 Å². The Labute approximate surface area is 126 Å². The molecule has 0 atom stereocenters. The summed E-state index contributed by atoms with van der Waals surface area (Å²) in [6.07, 6.45) is 4.92. The fourth-order valence-corrected chi connectivity index (χ4v) is 2.61. The van der Waals surface area contributed by atoms with Crippen molar-refractivity contribution in [3.8, 4) is 0 Å². The first-order valence-electron chi connectivity index (χ1n) is 5.84. The van der Waals surface area contributed by atoms with Gasteiger partial charge in [0.1, 0.15) is 4.32 Å². The molecule has 0 radical (unpaired) electrons. The molecule has 1 heterocycles. The number of carbonyl (C=O) groups excluding carboxylic acids is 2. The smallest absolute Gasteiger partial charge is 0.263 e. The first-order chi connectivity index (χ1) is 9.58. The Bertz CT molecular complexity index is 609. The van der Waals surface area contributed by atoms with Crippen LogP contribution in [0.25, 0.3) is 0 Å². The average Bonchev–Trinajstić information content (AvgIpc) is 2.73. The average molecular weight is 304 g/mol. The number of amides is 2. The molecule has 2 rings (SSSR count). The molecule has 0 aliphatic carbocycles. The van der Waals surface area contributed by atoms with Crippen molar-refractivity contribution in [2.45, 2.75) is 6.92 Å². The fourth-order valence-electron chi connectivity index (χ4n) is 1.61. The molecule has 0 unspecified atom stereocenters. The van der Waals surface area contributed by atoms with Gasteiger partial charge in [-0.1, -0.05) is 42.2 Å². The SMILES string of the molecule is CC(=O)N(/C=C/C=C1/SC(=S)NC1=O)c1ccccc1. The largest absolute Gasteiger partial charge is 0.307 e. The first-order valence-corrected chi connectivity index (χ1v) is 7.07. The van der Waals surface area contributed by atoms with Crippen molar-refractivity contribution in [1.82, 2.24) is 5.32 Å². The number of para-hydroxylation sites is 1. The zero-order valence-corrected chi connectivity index (χ0v) is 12.3. The Morgan fingerprint density at radius 2 is 2.05 bits per heavy atom. The van der Waals surface area contributed by atoms with E-state index >= 15 is 0 Å². The van der Waals surface area contributed by atoms with Gasteiger partial charge < -0.3 is 5.32 Å². The molecule has 2 amide bonds. The van der Waals surface area contributed by atoms with E-state index in [-0.39, 0.29) is 11.8 Å². The van der Waals surface area contributed by atoms with Crippen molar-refractivity contribution in [2.75, 3.05) is 4.90 Å². The van der Waals surface area contributed by atoms with E-state index in [1.165, 1.54) is 23.6 Å². The van der Waals surface area contributed by atoms with Crippen LogP contribution in [0.3, 0.4) is 0 Å². The number of thioether (sulfide) groups is 1. The van der Waals surface area contributed by atoms with E-state index in [2.05, 4.69) is 5.32 Å². The van der Waals surface area contributed by atoms with E-state index in [1.54, 1.807) is 18.4 Å². The van der Waals surface area contributed by atoms with Crippen LogP contribution < -0.4 is 10.2 Å². The lowest BCUT2D eigenvalue weighted by Crippen LogP contribution is -2.21. The molecule has 1 aromatic carbocycles. The second kappa shape index (κ2) is 6.49. The Morgan fingerprint density at radius 3 is 2.60 bits per heavy atom. The number of rotatable bonds is 3. The zero-order chi connectivity index (χ0) is 14.5. The third-order valence-corrected chi connectivity index (χ3v) is 3.68. The van der Waals surface area contributed by atoms with E-state index < -0.39 is 0 Å². The summed E-state index contributed by atoms with van der Waals surface area (Å²) in [5.74, 6) is -0.316. The van der Waals surface area contributed by atoms with Gasteiger partial charge in [-0.05, 0) is 24.3 Å². The summed E-state index contributed by atoms with van der Waals surface area (Å²) in [5.41, 5.74) is 0.772. The lowest BCUT2D eigenvalue weighted by molar-refractivity contribution is -0.116. The van der Waals surface area contributed by atoms with Gasteiger partial charge in [0.15, 0.2) is 0 Å². The van der Waals surface area contributed by atoms with Crippen molar-refractivity contribution in [3.05, 3.63) is 53.6 Å². The van der Waals surface area contributed by atoms with Crippen molar-refractivity contribution in [3.63, 3.8) is 0 Å². The Balaban J connectivity index is 2.15. The van der Waals surface area contributed by atoms with Gasteiger partial charge in [-0.3, -0.25) is 14.5 Å². The number of nitrogens with one attached hydrogen (secondary N) is 1. The standard InChI is InChI=1S/C14H12N2O2S2/c1-10(17)16(11-6-3-2-4-7-11)9-5-8-12-13(18)15-14(19)20-12/h2-9H,1H3,(H,15,18,19)/b9-5+,12-8+. The highest BCUT2D eigenvalue weighted by Crippen LogP contribution is 2.23. The van der Waals surface area contributed by atoms with Gasteiger partial charge in [0.25, 0.3) is 5.91 Å². The number of carbonyl (C=O) groups is 2. The normalized spacial score (nSPS) is 16.8. The highest BCUT2D eigenvalue weighted by Gasteiger charge is 2.21. The van der Waals surface area contributed by atoms with Gasteiger partial charge in [0, 0.05) is 18.8 Å². The maximum Gasteiger partial charge on any atom is 0.263 e. The molecule has 0 saturated carbocycles. The van der Waals surface area contributed by atoms with E-state index in [0.717, 1.165) is 5.69 Å². The predicted molar refractivity (Wildman–Crippen MR) is 85.2 cm³/mol. The third kappa shape index (κ3) is 3.55. The van der Waals surface area contributed by atoms with Crippen LogP contribution in [-0.4, -0.2) is 16.1 Å². The molecule has 6 heteroatoms. The second-order valence-electron chi connectivity index (χ2n) is 3.94. The van der Waals surface area contributed by atoms with Crippen LogP contribution in [0.15, 0.2) is 53.6 Å². The Kier molecular flexibility index (Phi) is 4.70. The van der Waals surface area contributed by atoms with Crippen LogP contribution >= 0.6 is 24.0 Å². The van der Waals surface area contributed by atoms with Crippen LogP contribution in [0, 0.1) is 0 Å². The molecule has 0 aromatic heterocycles. The van der Waals surface area contributed by atoms with Gasteiger partial charge in [-0.2, -0.15) is 0 Å². The Hall–Kier alpha value is -1.92. The molecule has 1 fully saturated rings. The maximum absolute atomic E-state index is 11.6. The molecule has 0 spiro atoms. The van der Waals surface area contributed by atoms with Gasteiger partial charge in [0.05, 0.1) is 4.91 Å². The summed E-state index contributed by atoms with van der Waals surface area (Å²) in [6.45, 7) is 1.48. The molecule has 1 saturated heterocycles. The fraction of sp³-hybridized carbons (Fsp3) is 0.0714. The van der Waals surface area contributed by atoms with Gasteiger partial charge in [-0.15, -0.1) is 0 Å². The molecule has 0 bridgehead atoms.